The van der Waals surface area contributed by atoms with Crippen molar-refractivity contribution in [1.29, 1.82) is 0 Å². The minimum absolute atomic E-state index is 0.112. The summed E-state index contributed by atoms with van der Waals surface area (Å²) in [4.78, 5) is 13.0. The third kappa shape index (κ3) is 6.90. The monoisotopic (exact) mass is 448 g/mol. The normalized spacial score (nSPS) is 15.0. The Labute approximate surface area is 174 Å². The van der Waals surface area contributed by atoms with Crippen LogP contribution in [0.15, 0.2) is 29.2 Å². The average Bonchev–Trinajstić information content (AvgIpc) is 2.69. The van der Waals surface area contributed by atoms with Crippen LogP contribution in [0.5, 0.6) is 0 Å². The fourth-order valence-corrected chi connectivity index (χ4v) is 8.32. The van der Waals surface area contributed by atoms with E-state index in [-0.39, 0.29) is 15.9 Å². The topological polar surface area (TPSA) is 83.6 Å². The van der Waals surface area contributed by atoms with E-state index < -0.39 is 22.4 Å². The minimum atomic E-state index is -3.35. The lowest BCUT2D eigenvalue weighted by Crippen LogP contribution is -2.28. The number of rotatable bonds is 12. The van der Waals surface area contributed by atoms with E-state index in [1.807, 2.05) is 13.8 Å². The molecule has 9 heteroatoms. The van der Waals surface area contributed by atoms with Gasteiger partial charge in [-0.2, -0.15) is 0 Å². The first kappa shape index (κ1) is 25.2. The molecule has 0 radical (unpaired) electrons. The van der Waals surface area contributed by atoms with Gasteiger partial charge in [-0.25, -0.2) is 13.5 Å². The zero-order chi connectivity index (χ0) is 21.4. The van der Waals surface area contributed by atoms with Gasteiger partial charge in [0.1, 0.15) is 0 Å². The SMILES string of the molecule is CCCCCCS(=O)(=O)c1ccc(C(=O)N(C)P(=O)(NC)SC(C)CC)cc1. The standard InChI is InChI=1S/C19H33N2O4PS2/c1-6-8-9-10-15-28(24,25)18-13-11-17(12-14-18)19(22)21(5)26(23,20-4)27-16(3)7-2/h11-14,16H,6-10,15H2,1-5H3,(H,20,23). The Balaban J connectivity index is 2.92. The van der Waals surface area contributed by atoms with Crippen molar-refractivity contribution in [1.82, 2.24) is 9.76 Å². The fraction of sp³-hybridized carbons (Fsp3) is 0.632. The third-order valence-corrected chi connectivity index (χ3v) is 12.1. The van der Waals surface area contributed by atoms with Crippen LogP contribution in [0, 0.1) is 0 Å². The second kappa shape index (κ2) is 11.4. The van der Waals surface area contributed by atoms with Gasteiger partial charge in [0.05, 0.1) is 10.6 Å². The lowest BCUT2D eigenvalue weighted by Gasteiger charge is -2.28. The smallest absolute Gasteiger partial charge is 0.272 e. The summed E-state index contributed by atoms with van der Waals surface area (Å²) >= 11 is 1.25. The number of carbonyl (C=O) groups excluding carboxylic acids is 1. The van der Waals surface area contributed by atoms with Crippen LogP contribution in [0.1, 0.15) is 63.2 Å². The quantitative estimate of drug-likeness (QED) is 0.359. The van der Waals surface area contributed by atoms with Gasteiger partial charge in [-0.1, -0.05) is 51.4 Å². The van der Waals surface area contributed by atoms with Crippen molar-refractivity contribution in [2.24, 2.45) is 0 Å². The molecule has 1 amide bonds. The maximum absolute atomic E-state index is 13.1. The second-order valence-electron chi connectivity index (χ2n) is 6.80. The predicted octanol–water partition coefficient (Wildman–Crippen LogP) is 4.97. The van der Waals surface area contributed by atoms with E-state index in [1.54, 1.807) is 7.05 Å². The van der Waals surface area contributed by atoms with Crippen LogP contribution in [0.4, 0.5) is 0 Å². The van der Waals surface area contributed by atoms with Crippen LogP contribution in [0.25, 0.3) is 0 Å². The highest BCUT2D eigenvalue weighted by molar-refractivity contribution is 8.57. The Morgan fingerprint density at radius 3 is 2.29 bits per heavy atom. The number of amides is 1. The highest BCUT2D eigenvalue weighted by Gasteiger charge is 2.33. The predicted molar refractivity (Wildman–Crippen MR) is 119 cm³/mol. The average molecular weight is 449 g/mol. The first-order valence-corrected chi connectivity index (χ1v) is 14.5. The van der Waals surface area contributed by atoms with Crippen LogP contribution in [-0.2, 0) is 14.4 Å². The van der Waals surface area contributed by atoms with Crippen molar-refractivity contribution in [2.75, 3.05) is 19.8 Å². The highest BCUT2D eigenvalue weighted by Crippen LogP contribution is 2.59. The van der Waals surface area contributed by atoms with E-state index in [9.17, 15) is 17.8 Å². The summed E-state index contributed by atoms with van der Waals surface area (Å²) in [5.41, 5.74) is 0.313. The molecule has 0 aliphatic heterocycles. The van der Waals surface area contributed by atoms with E-state index in [0.717, 1.165) is 25.7 Å². The largest absolute Gasteiger partial charge is 0.294 e. The van der Waals surface area contributed by atoms with Gasteiger partial charge in [-0.3, -0.25) is 14.0 Å². The molecule has 0 heterocycles. The van der Waals surface area contributed by atoms with E-state index in [2.05, 4.69) is 12.0 Å². The number of sulfone groups is 1. The van der Waals surface area contributed by atoms with Gasteiger partial charge in [0.2, 0.25) is 0 Å². The minimum Gasteiger partial charge on any atom is -0.272 e. The maximum atomic E-state index is 13.1. The van der Waals surface area contributed by atoms with Gasteiger partial charge in [0.15, 0.2) is 9.84 Å². The second-order valence-corrected chi connectivity index (χ2v) is 14.1. The van der Waals surface area contributed by atoms with Gasteiger partial charge < -0.3 is 0 Å². The number of unbranched alkanes of at least 4 members (excludes halogenated alkanes) is 3. The van der Waals surface area contributed by atoms with E-state index in [4.69, 9.17) is 0 Å². The Kier molecular flexibility index (Phi) is 10.3. The van der Waals surface area contributed by atoms with Crippen molar-refractivity contribution >= 4 is 33.8 Å². The third-order valence-electron chi connectivity index (χ3n) is 4.60. The summed E-state index contributed by atoms with van der Waals surface area (Å²) in [5.74, 6) is -0.291. The van der Waals surface area contributed by atoms with Gasteiger partial charge in [-0.15, -0.1) is 0 Å². The van der Waals surface area contributed by atoms with Gasteiger partial charge in [-0.05, 0) is 44.2 Å². The van der Waals surface area contributed by atoms with Gasteiger partial charge >= 0.3 is 0 Å². The summed E-state index contributed by atoms with van der Waals surface area (Å²) < 4.78 is 39.2. The van der Waals surface area contributed by atoms with E-state index >= 15 is 0 Å². The number of hydrogen-bond donors (Lipinski definition) is 1. The zero-order valence-electron chi connectivity index (χ0n) is 17.5. The fourth-order valence-electron chi connectivity index (χ4n) is 2.54. The Morgan fingerprint density at radius 2 is 1.79 bits per heavy atom. The summed E-state index contributed by atoms with van der Waals surface area (Å²) in [5, 5.41) is 2.92. The number of nitrogens with zero attached hydrogens (tertiary/aromatic N) is 1. The lowest BCUT2D eigenvalue weighted by molar-refractivity contribution is 0.0882. The summed E-state index contributed by atoms with van der Waals surface area (Å²) in [6.07, 6.45) is 4.44. The van der Waals surface area contributed by atoms with E-state index in [1.165, 1.54) is 47.4 Å². The van der Waals surface area contributed by atoms with Crippen LogP contribution < -0.4 is 5.09 Å². The van der Waals surface area contributed by atoms with Crippen LogP contribution in [0.3, 0.4) is 0 Å². The molecule has 0 aromatic heterocycles. The molecule has 28 heavy (non-hydrogen) atoms. The molecule has 0 bridgehead atoms. The van der Waals surface area contributed by atoms with Crippen molar-refractivity contribution in [3.05, 3.63) is 29.8 Å². The Bertz CT molecular complexity index is 782. The lowest BCUT2D eigenvalue weighted by atomic mass is 10.2. The first-order valence-electron chi connectivity index (χ1n) is 9.70. The van der Waals surface area contributed by atoms with Crippen molar-refractivity contribution in [3.63, 3.8) is 0 Å². The van der Waals surface area contributed by atoms with Gasteiger partial charge in [0, 0.05) is 17.9 Å². The Morgan fingerprint density at radius 1 is 1.18 bits per heavy atom. The molecule has 0 saturated carbocycles. The number of hydrogen-bond acceptors (Lipinski definition) is 5. The molecule has 160 valence electrons. The van der Waals surface area contributed by atoms with Crippen molar-refractivity contribution < 1.29 is 17.8 Å². The maximum Gasteiger partial charge on any atom is 0.294 e. The molecule has 2 unspecified atom stereocenters. The molecule has 0 aliphatic rings. The molecule has 1 N–H and O–H groups in total. The molecule has 1 aromatic rings. The van der Waals surface area contributed by atoms with Crippen LogP contribution in [-0.4, -0.2) is 44.1 Å². The highest BCUT2D eigenvalue weighted by atomic mass is 32.7. The van der Waals surface area contributed by atoms with Gasteiger partial charge in [0.25, 0.3) is 12.6 Å². The molecule has 0 spiro atoms. The summed E-state index contributed by atoms with van der Waals surface area (Å²) in [6, 6.07) is 5.90. The number of nitrogens with one attached hydrogen (secondary N) is 1. The van der Waals surface area contributed by atoms with Crippen molar-refractivity contribution in [3.8, 4) is 0 Å². The van der Waals surface area contributed by atoms with Crippen molar-refractivity contribution in [2.45, 2.75) is 63.0 Å². The Hall–Kier alpha value is -0.820. The molecule has 1 aromatic carbocycles. The molecular weight excluding hydrogens is 415 g/mol. The summed E-state index contributed by atoms with van der Waals surface area (Å²) in [6.45, 7) is 2.93. The number of carbonyl (C=O) groups is 1. The van der Waals surface area contributed by atoms with E-state index in [0.29, 0.717) is 12.0 Å². The molecule has 0 aliphatic carbocycles. The summed E-state index contributed by atoms with van der Waals surface area (Å²) in [7, 11) is -0.267. The molecule has 0 fully saturated rings. The molecule has 2 atom stereocenters. The van der Waals surface area contributed by atoms with Crippen LogP contribution in [0.2, 0.25) is 0 Å². The number of benzene rings is 1. The first-order chi connectivity index (χ1) is 13.1. The molecule has 0 saturated heterocycles. The molecule has 6 nitrogen and oxygen atoms in total. The molecule has 1 rings (SSSR count). The molecular formula is C19H33N2O4PS2. The zero-order valence-corrected chi connectivity index (χ0v) is 20.0. The van der Waals surface area contributed by atoms with Crippen LogP contribution >= 0.6 is 18.0 Å².